The number of aromatic nitrogens is 2. The van der Waals surface area contributed by atoms with Crippen molar-refractivity contribution in [3.05, 3.63) is 56.7 Å². The van der Waals surface area contributed by atoms with E-state index in [0.29, 0.717) is 10.0 Å². The lowest BCUT2D eigenvalue weighted by atomic mass is 10.2. The number of halogens is 4. The van der Waals surface area contributed by atoms with Crippen LogP contribution in [0.15, 0.2) is 40.9 Å². The number of alkyl halides is 1. The minimum Gasteiger partial charge on any atom is -0.293 e. The third-order valence-electron chi connectivity index (χ3n) is 3.15. The van der Waals surface area contributed by atoms with Gasteiger partial charge in [-0.05, 0) is 43.3 Å². The van der Waals surface area contributed by atoms with Crippen LogP contribution in [0, 0.1) is 0 Å². The number of benzene rings is 2. The van der Waals surface area contributed by atoms with E-state index < -0.39 is 0 Å². The van der Waals surface area contributed by atoms with Crippen molar-refractivity contribution in [2.45, 2.75) is 12.3 Å². The first-order valence-electron chi connectivity index (χ1n) is 6.25. The largest absolute Gasteiger partial charge is 0.293 e. The lowest BCUT2D eigenvalue weighted by Gasteiger charge is -2.12. The van der Waals surface area contributed by atoms with E-state index in [1.54, 1.807) is 12.1 Å². The third kappa shape index (κ3) is 2.80. The van der Waals surface area contributed by atoms with Gasteiger partial charge in [-0.15, -0.1) is 11.6 Å². The quantitative estimate of drug-likeness (QED) is 0.452. The Hall–Kier alpha value is -0.740. The van der Waals surface area contributed by atoms with Crippen LogP contribution in [0.4, 0.5) is 0 Å². The van der Waals surface area contributed by atoms with Crippen LogP contribution in [0.25, 0.3) is 16.7 Å². The summed E-state index contributed by atoms with van der Waals surface area (Å²) in [4.78, 5) is 4.61. The van der Waals surface area contributed by atoms with Crippen LogP contribution in [0.3, 0.4) is 0 Å². The van der Waals surface area contributed by atoms with E-state index in [1.807, 2.05) is 35.8 Å². The SMILES string of the molecule is CC(Cl)c1nc2ccc(Br)cc2n1-c1cc(Cl)ccc1Cl. The molecule has 0 fully saturated rings. The van der Waals surface area contributed by atoms with E-state index in [-0.39, 0.29) is 5.38 Å². The molecule has 1 unspecified atom stereocenters. The van der Waals surface area contributed by atoms with Gasteiger partial charge in [0.05, 0.1) is 27.1 Å². The standard InChI is InChI=1S/C15H10BrCl3N2/c1-8(17)15-20-12-5-2-9(16)6-14(12)21(15)13-7-10(18)3-4-11(13)19/h2-8H,1H3. The summed E-state index contributed by atoms with van der Waals surface area (Å²) in [6.45, 7) is 1.88. The molecule has 21 heavy (non-hydrogen) atoms. The van der Waals surface area contributed by atoms with Gasteiger partial charge in [-0.3, -0.25) is 4.57 Å². The smallest absolute Gasteiger partial charge is 0.132 e. The Kier molecular flexibility index (Phi) is 4.19. The normalized spacial score (nSPS) is 12.8. The van der Waals surface area contributed by atoms with E-state index >= 15 is 0 Å². The molecule has 0 amide bonds. The van der Waals surface area contributed by atoms with Gasteiger partial charge in [0.2, 0.25) is 0 Å². The van der Waals surface area contributed by atoms with Crippen LogP contribution >= 0.6 is 50.7 Å². The summed E-state index contributed by atoms with van der Waals surface area (Å²) < 4.78 is 2.91. The highest BCUT2D eigenvalue weighted by atomic mass is 79.9. The molecule has 0 N–H and O–H groups in total. The van der Waals surface area contributed by atoms with Crippen LogP contribution in [-0.2, 0) is 0 Å². The van der Waals surface area contributed by atoms with Crippen molar-refractivity contribution in [2.75, 3.05) is 0 Å². The first-order chi connectivity index (χ1) is 9.97. The molecule has 2 nitrogen and oxygen atoms in total. The Balaban J connectivity index is 2.41. The molecule has 0 aliphatic carbocycles. The topological polar surface area (TPSA) is 17.8 Å². The third-order valence-corrected chi connectivity index (χ3v) is 4.39. The molecule has 0 aliphatic rings. The Labute approximate surface area is 145 Å². The zero-order chi connectivity index (χ0) is 15.1. The van der Waals surface area contributed by atoms with Gasteiger partial charge in [-0.1, -0.05) is 39.1 Å². The molecular formula is C15H10BrCl3N2. The van der Waals surface area contributed by atoms with Crippen molar-refractivity contribution in [1.82, 2.24) is 9.55 Å². The molecule has 0 spiro atoms. The fraction of sp³-hybridized carbons (Fsp3) is 0.133. The van der Waals surface area contributed by atoms with Crippen molar-refractivity contribution in [2.24, 2.45) is 0 Å². The predicted octanol–water partition coefficient (Wildman–Crippen LogP) is 6.39. The first-order valence-corrected chi connectivity index (χ1v) is 8.23. The Bertz CT molecular complexity index is 827. The summed E-state index contributed by atoms with van der Waals surface area (Å²) in [5, 5.41) is 0.947. The molecule has 0 saturated heterocycles. The number of nitrogens with zero attached hydrogens (tertiary/aromatic N) is 2. The summed E-state index contributed by atoms with van der Waals surface area (Å²) in [7, 11) is 0. The average molecular weight is 405 g/mol. The molecule has 6 heteroatoms. The predicted molar refractivity (Wildman–Crippen MR) is 93.1 cm³/mol. The fourth-order valence-corrected chi connectivity index (χ4v) is 3.11. The molecule has 0 radical (unpaired) electrons. The van der Waals surface area contributed by atoms with Gasteiger partial charge in [-0.2, -0.15) is 0 Å². The van der Waals surface area contributed by atoms with Gasteiger partial charge in [0, 0.05) is 9.50 Å². The average Bonchev–Trinajstić information content (AvgIpc) is 2.80. The van der Waals surface area contributed by atoms with Crippen LogP contribution in [0.5, 0.6) is 0 Å². The lowest BCUT2D eigenvalue weighted by Crippen LogP contribution is -2.02. The van der Waals surface area contributed by atoms with Gasteiger partial charge in [0.15, 0.2) is 0 Å². The van der Waals surface area contributed by atoms with Crippen molar-refractivity contribution >= 4 is 61.8 Å². The summed E-state index contributed by atoms with van der Waals surface area (Å²) in [5.74, 6) is 0.730. The molecule has 1 aromatic heterocycles. The molecule has 3 rings (SSSR count). The second kappa shape index (κ2) is 5.81. The number of hydrogen-bond donors (Lipinski definition) is 0. The van der Waals surface area contributed by atoms with Crippen molar-refractivity contribution in [3.63, 3.8) is 0 Å². The number of imidazole rings is 1. The maximum absolute atomic E-state index is 6.34. The maximum atomic E-state index is 6.34. The molecule has 108 valence electrons. The fourth-order valence-electron chi connectivity index (χ4n) is 2.24. The zero-order valence-electron chi connectivity index (χ0n) is 10.9. The number of hydrogen-bond acceptors (Lipinski definition) is 1. The van der Waals surface area contributed by atoms with Gasteiger partial charge >= 0.3 is 0 Å². The first kappa shape index (κ1) is 15.2. The molecular weight excluding hydrogens is 394 g/mol. The Morgan fingerprint density at radius 2 is 1.90 bits per heavy atom. The van der Waals surface area contributed by atoms with E-state index in [9.17, 15) is 0 Å². The minimum atomic E-state index is -0.258. The lowest BCUT2D eigenvalue weighted by molar-refractivity contribution is 0.882. The molecule has 1 atom stereocenters. The van der Waals surface area contributed by atoms with Crippen LogP contribution in [-0.4, -0.2) is 9.55 Å². The van der Waals surface area contributed by atoms with Crippen molar-refractivity contribution in [1.29, 1.82) is 0 Å². The van der Waals surface area contributed by atoms with Gasteiger partial charge in [0.1, 0.15) is 5.82 Å². The molecule has 2 aromatic carbocycles. The summed E-state index contributed by atoms with van der Waals surface area (Å²) in [5.41, 5.74) is 2.56. The monoisotopic (exact) mass is 402 g/mol. The van der Waals surface area contributed by atoms with E-state index in [2.05, 4.69) is 20.9 Å². The highest BCUT2D eigenvalue weighted by Crippen LogP contribution is 2.33. The number of fused-ring (bicyclic) bond motifs is 1. The highest BCUT2D eigenvalue weighted by molar-refractivity contribution is 9.10. The summed E-state index contributed by atoms with van der Waals surface area (Å²) in [6.07, 6.45) is 0. The Morgan fingerprint density at radius 1 is 1.14 bits per heavy atom. The second-order valence-electron chi connectivity index (χ2n) is 4.65. The zero-order valence-corrected chi connectivity index (χ0v) is 14.8. The van der Waals surface area contributed by atoms with E-state index in [4.69, 9.17) is 34.8 Å². The Morgan fingerprint density at radius 3 is 2.62 bits per heavy atom. The highest BCUT2D eigenvalue weighted by Gasteiger charge is 2.18. The van der Waals surface area contributed by atoms with Gasteiger partial charge in [-0.25, -0.2) is 4.98 Å². The van der Waals surface area contributed by atoms with Crippen LogP contribution in [0.2, 0.25) is 10.0 Å². The van der Waals surface area contributed by atoms with E-state index in [1.165, 1.54) is 0 Å². The second-order valence-corrected chi connectivity index (χ2v) is 7.06. The number of rotatable bonds is 2. The summed E-state index contributed by atoms with van der Waals surface area (Å²) >= 11 is 22.2. The summed E-state index contributed by atoms with van der Waals surface area (Å²) in [6, 6.07) is 11.2. The van der Waals surface area contributed by atoms with Crippen molar-refractivity contribution in [3.8, 4) is 5.69 Å². The van der Waals surface area contributed by atoms with Gasteiger partial charge < -0.3 is 0 Å². The molecule has 0 bridgehead atoms. The van der Waals surface area contributed by atoms with Crippen LogP contribution in [0.1, 0.15) is 18.1 Å². The molecule has 1 heterocycles. The van der Waals surface area contributed by atoms with Crippen molar-refractivity contribution < 1.29 is 0 Å². The van der Waals surface area contributed by atoms with E-state index in [0.717, 1.165) is 27.0 Å². The van der Waals surface area contributed by atoms with Crippen LogP contribution < -0.4 is 0 Å². The minimum absolute atomic E-state index is 0.258. The maximum Gasteiger partial charge on any atom is 0.132 e. The molecule has 3 aromatic rings. The van der Waals surface area contributed by atoms with Gasteiger partial charge in [0.25, 0.3) is 0 Å². The molecule has 0 aliphatic heterocycles. The molecule has 0 saturated carbocycles.